The molecule has 31 heavy (non-hydrogen) atoms. The van der Waals surface area contributed by atoms with Crippen molar-refractivity contribution < 1.29 is 23.5 Å². The zero-order valence-electron chi connectivity index (χ0n) is 17.4. The fourth-order valence-corrected chi connectivity index (χ4v) is 4.01. The van der Waals surface area contributed by atoms with Crippen LogP contribution in [0.4, 0.5) is 10.1 Å². The van der Waals surface area contributed by atoms with Gasteiger partial charge >= 0.3 is 0 Å². The molecule has 2 aromatic carbocycles. The van der Waals surface area contributed by atoms with E-state index in [1.165, 1.54) is 12.1 Å². The molecule has 3 unspecified atom stereocenters. The lowest BCUT2D eigenvalue weighted by atomic mass is 10.0. The molecule has 3 atom stereocenters. The third-order valence-corrected chi connectivity index (χ3v) is 5.65. The van der Waals surface area contributed by atoms with Gasteiger partial charge in [-0.2, -0.15) is 0 Å². The minimum atomic E-state index is -0.452. The Morgan fingerprint density at radius 3 is 2.61 bits per heavy atom. The molecule has 0 saturated carbocycles. The number of methoxy groups -OCH3 is 2. The van der Waals surface area contributed by atoms with Crippen LogP contribution in [-0.4, -0.2) is 44.7 Å². The van der Waals surface area contributed by atoms with Gasteiger partial charge in [0.05, 0.1) is 26.3 Å². The summed E-state index contributed by atoms with van der Waals surface area (Å²) in [5, 5.41) is 2.95. The van der Waals surface area contributed by atoms with Crippen molar-refractivity contribution in [2.24, 2.45) is 0 Å². The van der Waals surface area contributed by atoms with Gasteiger partial charge in [-0.25, -0.2) is 15.2 Å². The van der Waals surface area contributed by atoms with Crippen LogP contribution in [0.1, 0.15) is 24.4 Å². The van der Waals surface area contributed by atoms with Crippen molar-refractivity contribution in [3.8, 4) is 11.5 Å². The van der Waals surface area contributed by atoms with Crippen molar-refractivity contribution in [2.75, 3.05) is 25.7 Å². The fraction of sp³-hybridized carbons (Fsp3) is 0.364. The maximum Gasteiger partial charge on any atom is 0.238 e. The summed E-state index contributed by atoms with van der Waals surface area (Å²) in [6, 6.07) is 10.4. The van der Waals surface area contributed by atoms with Gasteiger partial charge in [-0.05, 0) is 36.8 Å². The molecule has 0 aliphatic carbocycles. The van der Waals surface area contributed by atoms with E-state index in [0.717, 1.165) is 5.56 Å². The zero-order chi connectivity index (χ0) is 22.0. The maximum absolute atomic E-state index is 13.1. The predicted octanol–water partition coefficient (Wildman–Crippen LogP) is 1.67. The Morgan fingerprint density at radius 2 is 1.90 bits per heavy atom. The lowest BCUT2D eigenvalue weighted by Crippen LogP contribution is -2.47. The predicted molar refractivity (Wildman–Crippen MR) is 112 cm³/mol. The summed E-state index contributed by atoms with van der Waals surface area (Å²) in [6.45, 7) is 0.353. The molecule has 3 N–H and O–H groups in total. The molecule has 0 spiro atoms. The Kier molecular flexibility index (Phi) is 6.06. The number of anilines is 1. The van der Waals surface area contributed by atoms with Gasteiger partial charge in [-0.1, -0.05) is 6.07 Å². The van der Waals surface area contributed by atoms with Gasteiger partial charge in [-0.15, -0.1) is 0 Å². The summed E-state index contributed by atoms with van der Waals surface area (Å²) in [6.07, 6.45) is 0.732. The SMILES string of the molecule is COc1ccc(C2CC(C(=O)NC3CC(=O)N(c4ccc(F)cc4)C3)NN2)c(OC)c1. The molecular weight excluding hydrogens is 403 g/mol. The van der Waals surface area contributed by atoms with E-state index < -0.39 is 6.04 Å². The van der Waals surface area contributed by atoms with E-state index in [1.807, 2.05) is 12.1 Å². The monoisotopic (exact) mass is 428 g/mol. The Labute approximate surface area is 179 Å². The molecule has 8 nitrogen and oxygen atoms in total. The molecule has 0 radical (unpaired) electrons. The Morgan fingerprint density at radius 1 is 1.13 bits per heavy atom. The smallest absolute Gasteiger partial charge is 0.238 e. The van der Waals surface area contributed by atoms with Crippen molar-refractivity contribution in [3.63, 3.8) is 0 Å². The van der Waals surface area contributed by atoms with Gasteiger partial charge in [0.15, 0.2) is 0 Å². The standard InChI is InChI=1S/C22H25FN4O4/c1-30-16-7-8-17(20(10-16)31-2)18-11-19(26-25-18)22(29)24-14-9-21(28)27(12-14)15-5-3-13(23)4-6-15/h3-8,10,14,18-19,25-26H,9,11-12H2,1-2H3,(H,24,29). The summed E-state index contributed by atoms with van der Waals surface area (Å²) in [5.74, 6) is 0.730. The third-order valence-electron chi connectivity index (χ3n) is 5.65. The number of hydrogen-bond acceptors (Lipinski definition) is 6. The number of halogens is 1. The van der Waals surface area contributed by atoms with Gasteiger partial charge in [0.1, 0.15) is 23.4 Å². The largest absolute Gasteiger partial charge is 0.497 e. The van der Waals surface area contributed by atoms with Gasteiger partial charge in [0.25, 0.3) is 0 Å². The second-order valence-electron chi connectivity index (χ2n) is 7.63. The van der Waals surface area contributed by atoms with Crippen LogP contribution in [0.25, 0.3) is 0 Å². The summed E-state index contributed by atoms with van der Waals surface area (Å²) in [7, 11) is 3.18. The van der Waals surface area contributed by atoms with Crippen LogP contribution in [-0.2, 0) is 9.59 Å². The average molecular weight is 428 g/mol. The normalized spacial score (nSPS) is 23.1. The Balaban J connectivity index is 1.36. The minimum absolute atomic E-state index is 0.102. The molecule has 2 saturated heterocycles. The highest BCUT2D eigenvalue weighted by Crippen LogP contribution is 2.33. The van der Waals surface area contributed by atoms with Crippen LogP contribution in [0.15, 0.2) is 42.5 Å². The first-order chi connectivity index (χ1) is 15.0. The number of ether oxygens (including phenoxy) is 2. The van der Waals surface area contributed by atoms with E-state index in [-0.39, 0.29) is 36.1 Å². The lowest BCUT2D eigenvalue weighted by Gasteiger charge is -2.18. The van der Waals surface area contributed by atoms with Crippen LogP contribution in [0.2, 0.25) is 0 Å². The number of nitrogens with zero attached hydrogens (tertiary/aromatic N) is 1. The number of hydrogen-bond donors (Lipinski definition) is 3. The van der Waals surface area contributed by atoms with Crippen LogP contribution in [0.5, 0.6) is 11.5 Å². The number of nitrogens with one attached hydrogen (secondary N) is 3. The number of benzene rings is 2. The minimum Gasteiger partial charge on any atom is -0.497 e. The molecule has 2 aromatic rings. The molecule has 2 aliphatic heterocycles. The van der Waals surface area contributed by atoms with Gasteiger partial charge in [0.2, 0.25) is 11.8 Å². The summed E-state index contributed by atoms with van der Waals surface area (Å²) < 4.78 is 23.8. The first-order valence-electron chi connectivity index (χ1n) is 10.1. The number of carbonyl (C=O) groups excluding carboxylic acids is 2. The summed E-state index contributed by atoms with van der Waals surface area (Å²) in [5.41, 5.74) is 7.72. The molecule has 2 fully saturated rings. The second-order valence-corrected chi connectivity index (χ2v) is 7.63. The van der Waals surface area contributed by atoms with E-state index in [1.54, 1.807) is 37.3 Å². The number of rotatable bonds is 6. The fourth-order valence-electron chi connectivity index (χ4n) is 4.01. The van der Waals surface area contributed by atoms with Crippen LogP contribution in [0, 0.1) is 5.82 Å². The first kappa shape index (κ1) is 21.1. The van der Waals surface area contributed by atoms with Crippen LogP contribution in [0.3, 0.4) is 0 Å². The zero-order valence-corrected chi connectivity index (χ0v) is 17.4. The highest BCUT2D eigenvalue weighted by Gasteiger charge is 2.36. The highest BCUT2D eigenvalue weighted by atomic mass is 19.1. The van der Waals surface area contributed by atoms with E-state index >= 15 is 0 Å². The molecular formula is C22H25FN4O4. The topological polar surface area (TPSA) is 91.9 Å². The molecule has 2 amide bonds. The summed E-state index contributed by atoms with van der Waals surface area (Å²) >= 11 is 0. The van der Waals surface area contributed by atoms with Crippen LogP contribution < -0.4 is 30.5 Å². The molecule has 164 valence electrons. The van der Waals surface area contributed by atoms with E-state index in [2.05, 4.69) is 16.2 Å². The molecule has 2 aliphatic rings. The average Bonchev–Trinajstić information content (AvgIpc) is 3.41. The van der Waals surface area contributed by atoms with Crippen molar-refractivity contribution in [1.82, 2.24) is 16.2 Å². The Hall–Kier alpha value is -3.17. The van der Waals surface area contributed by atoms with Gasteiger partial charge < -0.3 is 19.7 Å². The number of amides is 2. The van der Waals surface area contributed by atoms with Gasteiger partial charge in [-0.3, -0.25) is 9.59 Å². The molecule has 0 bridgehead atoms. The van der Waals surface area contributed by atoms with Crippen molar-refractivity contribution in [1.29, 1.82) is 0 Å². The van der Waals surface area contributed by atoms with Crippen LogP contribution >= 0.6 is 0 Å². The van der Waals surface area contributed by atoms with E-state index in [9.17, 15) is 14.0 Å². The molecule has 2 heterocycles. The number of hydrazine groups is 1. The van der Waals surface area contributed by atoms with Crippen molar-refractivity contribution >= 4 is 17.5 Å². The highest BCUT2D eigenvalue weighted by molar-refractivity contribution is 5.97. The third kappa shape index (κ3) is 4.47. The quantitative estimate of drug-likeness (QED) is 0.649. The molecule has 4 rings (SSSR count). The Bertz CT molecular complexity index is 968. The van der Waals surface area contributed by atoms with Gasteiger partial charge in [0, 0.05) is 30.3 Å². The van der Waals surface area contributed by atoms with Crippen molar-refractivity contribution in [2.45, 2.75) is 31.0 Å². The molecule has 9 heteroatoms. The van der Waals surface area contributed by atoms with E-state index in [0.29, 0.717) is 30.2 Å². The lowest BCUT2D eigenvalue weighted by molar-refractivity contribution is -0.123. The first-order valence-corrected chi connectivity index (χ1v) is 10.1. The molecule has 0 aromatic heterocycles. The second kappa shape index (κ2) is 8.91. The summed E-state index contributed by atoms with van der Waals surface area (Å²) in [4.78, 5) is 26.7. The maximum atomic E-state index is 13.1. The van der Waals surface area contributed by atoms with Crippen molar-refractivity contribution in [3.05, 3.63) is 53.8 Å². The number of carbonyl (C=O) groups is 2. The van der Waals surface area contributed by atoms with E-state index in [4.69, 9.17) is 9.47 Å².